The summed E-state index contributed by atoms with van der Waals surface area (Å²) in [5.74, 6) is -0.971. The molecule has 360 valence electrons. The van der Waals surface area contributed by atoms with Gasteiger partial charge in [-0.15, -0.1) is 0 Å². The van der Waals surface area contributed by atoms with Gasteiger partial charge in [0, 0.05) is 19.3 Å². The summed E-state index contributed by atoms with van der Waals surface area (Å²) in [6.45, 7) is 6.49. The first-order valence-electron chi connectivity index (χ1n) is 26.1. The predicted molar refractivity (Wildman–Crippen MR) is 270 cm³/mol. The van der Waals surface area contributed by atoms with Crippen molar-refractivity contribution in [2.45, 2.75) is 245 Å². The molecule has 0 spiro atoms. The van der Waals surface area contributed by atoms with Crippen molar-refractivity contribution in [1.29, 1.82) is 0 Å². The number of hydrogen-bond donors (Lipinski definition) is 0. The van der Waals surface area contributed by atoms with E-state index in [9.17, 15) is 14.4 Å². The Morgan fingerprint density at radius 3 is 0.921 bits per heavy atom. The standard InChI is InChI=1S/C57H96O6/c1-4-7-10-13-16-19-22-25-28-31-34-37-40-43-46-49-55(58)61-52-54(63-57(60)51-48-45-42-39-36-33-30-27-24-21-18-15-12-9-6-3)53-62-56(59)50-47-44-41-38-35-32-29-26-23-20-17-14-11-8-5-2/h16-21,25-30,36,39,54H,4-15,22-24,31-35,37-38,40-53H2,1-3H3/b19-16+,20-17+,21-18+,28-25+,29-26+,30-27+,39-36+. The van der Waals surface area contributed by atoms with Crippen molar-refractivity contribution in [3.05, 3.63) is 85.1 Å². The number of carbonyl (C=O) groups excluding carboxylic acids is 3. The van der Waals surface area contributed by atoms with Crippen LogP contribution in [0.2, 0.25) is 0 Å². The number of hydrogen-bond acceptors (Lipinski definition) is 6. The van der Waals surface area contributed by atoms with Gasteiger partial charge in [-0.3, -0.25) is 14.4 Å². The summed E-state index contributed by atoms with van der Waals surface area (Å²) in [5, 5.41) is 0. The number of unbranched alkanes of at least 4 members (excludes halogenated alkanes) is 21. The van der Waals surface area contributed by atoms with Crippen molar-refractivity contribution < 1.29 is 28.6 Å². The van der Waals surface area contributed by atoms with Crippen molar-refractivity contribution in [3.8, 4) is 0 Å². The van der Waals surface area contributed by atoms with E-state index in [4.69, 9.17) is 14.2 Å². The van der Waals surface area contributed by atoms with Crippen LogP contribution in [-0.4, -0.2) is 37.2 Å². The van der Waals surface area contributed by atoms with Crippen molar-refractivity contribution in [1.82, 2.24) is 0 Å². The quantitative estimate of drug-likeness (QED) is 0.0262. The van der Waals surface area contributed by atoms with Gasteiger partial charge < -0.3 is 14.2 Å². The first-order valence-corrected chi connectivity index (χ1v) is 26.1. The molecule has 0 bridgehead atoms. The van der Waals surface area contributed by atoms with Gasteiger partial charge in [0.15, 0.2) is 6.10 Å². The van der Waals surface area contributed by atoms with Crippen molar-refractivity contribution in [2.24, 2.45) is 0 Å². The summed E-state index contributed by atoms with van der Waals surface area (Å²) >= 11 is 0. The van der Waals surface area contributed by atoms with Crippen LogP contribution in [0.25, 0.3) is 0 Å². The second kappa shape index (κ2) is 51.2. The second-order valence-corrected chi connectivity index (χ2v) is 17.1. The number of rotatable bonds is 46. The molecule has 0 aromatic carbocycles. The summed E-state index contributed by atoms with van der Waals surface area (Å²) in [6, 6.07) is 0. The zero-order valence-corrected chi connectivity index (χ0v) is 41.1. The molecule has 0 saturated heterocycles. The molecule has 0 aliphatic rings. The highest BCUT2D eigenvalue weighted by Gasteiger charge is 2.19. The molecule has 0 aliphatic carbocycles. The van der Waals surface area contributed by atoms with E-state index in [2.05, 4.69) is 106 Å². The molecule has 0 unspecified atom stereocenters. The zero-order valence-electron chi connectivity index (χ0n) is 41.1. The summed E-state index contributed by atoms with van der Waals surface area (Å²) in [6.07, 6.45) is 65.6. The Bertz CT molecular complexity index is 1170. The Morgan fingerprint density at radius 2 is 0.571 bits per heavy atom. The third kappa shape index (κ3) is 49.5. The fourth-order valence-corrected chi connectivity index (χ4v) is 6.86. The molecule has 6 nitrogen and oxygen atoms in total. The molecular formula is C57H96O6. The van der Waals surface area contributed by atoms with Gasteiger partial charge in [-0.2, -0.15) is 0 Å². The number of esters is 3. The highest BCUT2D eigenvalue weighted by atomic mass is 16.6. The molecule has 0 fully saturated rings. The first kappa shape index (κ1) is 59.6. The van der Waals surface area contributed by atoms with E-state index in [1.54, 1.807) is 0 Å². The molecule has 0 aromatic rings. The van der Waals surface area contributed by atoms with Gasteiger partial charge in [0.25, 0.3) is 0 Å². The van der Waals surface area contributed by atoms with E-state index in [0.29, 0.717) is 19.3 Å². The Hall–Kier alpha value is -3.41. The molecule has 0 radical (unpaired) electrons. The molecule has 0 heterocycles. The number of ether oxygens (including phenoxy) is 3. The lowest BCUT2D eigenvalue weighted by molar-refractivity contribution is -0.167. The SMILES string of the molecule is CCCCC/C=C/C/C=C/C/C=C/CCCCC(=O)OC(COC(=O)CCCCCCC/C=C/C/C=C/CCCCC)COC(=O)CCCCCCC/C=C/C/C=C/CCCCC. The van der Waals surface area contributed by atoms with Crippen LogP contribution in [-0.2, 0) is 28.6 Å². The van der Waals surface area contributed by atoms with Gasteiger partial charge >= 0.3 is 17.9 Å². The Labute approximate surface area is 388 Å². The number of allylic oxidation sites excluding steroid dienone is 14. The van der Waals surface area contributed by atoms with Crippen LogP contribution < -0.4 is 0 Å². The Kier molecular flexibility index (Phi) is 48.5. The first-order chi connectivity index (χ1) is 31.0. The topological polar surface area (TPSA) is 78.9 Å². The van der Waals surface area contributed by atoms with E-state index in [1.165, 1.54) is 77.0 Å². The minimum Gasteiger partial charge on any atom is -0.462 e. The number of carbonyl (C=O) groups is 3. The summed E-state index contributed by atoms with van der Waals surface area (Å²) < 4.78 is 16.7. The van der Waals surface area contributed by atoms with Gasteiger partial charge in [0.05, 0.1) is 0 Å². The smallest absolute Gasteiger partial charge is 0.306 e. The third-order valence-electron chi connectivity index (χ3n) is 10.8. The molecule has 0 amide bonds. The van der Waals surface area contributed by atoms with Gasteiger partial charge in [-0.1, -0.05) is 183 Å². The van der Waals surface area contributed by atoms with Crippen LogP contribution in [0.4, 0.5) is 0 Å². The van der Waals surface area contributed by atoms with Crippen molar-refractivity contribution in [3.63, 3.8) is 0 Å². The molecule has 63 heavy (non-hydrogen) atoms. The van der Waals surface area contributed by atoms with Crippen LogP contribution in [0.3, 0.4) is 0 Å². The lowest BCUT2D eigenvalue weighted by Crippen LogP contribution is -2.30. The van der Waals surface area contributed by atoms with Crippen LogP contribution >= 0.6 is 0 Å². The van der Waals surface area contributed by atoms with Crippen LogP contribution in [0, 0.1) is 0 Å². The van der Waals surface area contributed by atoms with Gasteiger partial charge in [0.1, 0.15) is 13.2 Å². The molecule has 0 aliphatic heterocycles. The maximum Gasteiger partial charge on any atom is 0.306 e. The summed E-state index contributed by atoms with van der Waals surface area (Å²) in [7, 11) is 0. The van der Waals surface area contributed by atoms with E-state index in [1.807, 2.05) is 0 Å². The normalized spacial score (nSPS) is 12.3. The molecular weight excluding hydrogens is 781 g/mol. The highest BCUT2D eigenvalue weighted by molar-refractivity contribution is 5.71. The van der Waals surface area contributed by atoms with Crippen LogP contribution in [0.5, 0.6) is 0 Å². The third-order valence-corrected chi connectivity index (χ3v) is 10.8. The molecule has 0 aromatic heterocycles. The lowest BCUT2D eigenvalue weighted by atomic mass is 10.1. The van der Waals surface area contributed by atoms with E-state index in [-0.39, 0.29) is 37.5 Å². The molecule has 0 rings (SSSR count). The predicted octanol–water partition coefficient (Wildman–Crippen LogP) is 17.2. The molecule has 0 atom stereocenters. The van der Waals surface area contributed by atoms with Gasteiger partial charge in [-0.05, 0) is 122 Å². The van der Waals surface area contributed by atoms with Crippen LogP contribution in [0.15, 0.2) is 85.1 Å². The monoisotopic (exact) mass is 877 g/mol. The lowest BCUT2D eigenvalue weighted by Gasteiger charge is -2.18. The summed E-state index contributed by atoms with van der Waals surface area (Å²) in [4.78, 5) is 38.0. The minimum absolute atomic E-state index is 0.104. The zero-order chi connectivity index (χ0) is 45.8. The van der Waals surface area contributed by atoms with Crippen molar-refractivity contribution >= 4 is 17.9 Å². The maximum absolute atomic E-state index is 12.8. The van der Waals surface area contributed by atoms with Gasteiger partial charge in [0.2, 0.25) is 0 Å². The maximum atomic E-state index is 12.8. The van der Waals surface area contributed by atoms with E-state index >= 15 is 0 Å². The largest absolute Gasteiger partial charge is 0.462 e. The Balaban J connectivity index is 4.50. The van der Waals surface area contributed by atoms with E-state index in [0.717, 1.165) is 116 Å². The second-order valence-electron chi connectivity index (χ2n) is 17.1. The van der Waals surface area contributed by atoms with Gasteiger partial charge in [-0.25, -0.2) is 0 Å². The highest BCUT2D eigenvalue weighted by Crippen LogP contribution is 2.12. The average molecular weight is 877 g/mol. The fourth-order valence-electron chi connectivity index (χ4n) is 6.86. The molecule has 0 saturated carbocycles. The molecule has 0 N–H and O–H groups in total. The molecule has 6 heteroatoms. The van der Waals surface area contributed by atoms with E-state index < -0.39 is 6.10 Å². The van der Waals surface area contributed by atoms with Crippen LogP contribution in [0.1, 0.15) is 239 Å². The Morgan fingerprint density at radius 1 is 0.317 bits per heavy atom. The average Bonchev–Trinajstić information content (AvgIpc) is 3.28. The summed E-state index contributed by atoms with van der Waals surface area (Å²) in [5.41, 5.74) is 0. The minimum atomic E-state index is -0.808. The van der Waals surface area contributed by atoms with Crippen molar-refractivity contribution in [2.75, 3.05) is 13.2 Å². The fraction of sp³-hybridized carbons (Fsp3) is 0.702.